The number of benzene rings is 2. The Kier molecular flexibility index (Phi) is 6.15. The Hall–Kier alpha value is -3.37. The first-order valence-corrected chi connectivity index (χ1v) is 11.3. The molecule has 0 bridgehead atoms. The second-order valence-corrected chi connectivity index (χ2v) is 9.12. The van der Waals surface area contributed by atoms with Gasteiger partial charge in [-0.2, -0.15) is 4.31 Å². The summed E-state index contributed by atoms with van der Waals surface area (Å²) >= 11 is 0. The van der Waals surface area contributed by atoms with E-state index in [1.165, 1.54) is 22.5 Å². The van der Waals surface area contributed by atoms with Crippen LogP contribution in [0, 0.1) is 11.6 Å². The maximum Gasteiger partial charge on any atom is 0.258 e. The lowest BCUT2D eigenvalue weighted by Gasteiger charge is -2.34. The van der Waals surface area contributed by atoms with E-state index in [1.54, 1.807) is 12.3 Å². The molecular formula is C22H20F2N4O3S. The van der Waals surface area contributed by atoms with Crippen LogP contribution in [-0.2, 0) is 10.0 Å². The number of pyridine rings is 1. The molecule has 2 aromatic carbocycles. The van der Waals surface area contributed by atoms with Crippen molar-refractivity contribution in [2.24, 2.45) is 0 Å². The van der Waals surface area contributed by atoms with Gasteiger partial charge in [0, 0.05) is 38.1 Å². The van der Waals surface area contributed by atoms with Gasteiger partial charge in [-0.1, -0.05) is 12.1 Å². The zero-order valence-electron chi connectivity index (χ0n) is 16.9. The quantitative estimate of drug-likeness (QED) is 0.635. The summed E-state index contributed by atoms with van der Waals surface area (Å²) in [6, 6.07) is 13.7. The molecule has 1 fully saturated rings. The van der Waals surface area contributed by atoms with Crippen LogP contribution in [0.3, 0.4) is 0 Å². The van der Waals surface area contributed by atoms with Crippen LogP contribution >= 0.6 is 0 Å². The number of carbonyl (C=O) groups excluding carboxylic acids is 1. The predicted molar refractivity (Wildman–Crippen MR) is 116 cm³/mol. The van der Waals surface area contributed by atoms with Crippen molar-refractivity contribution in [2.45, 2.75) is 4.90 Å². The number of piperazine rings is 1. The minimum absolute atomic E-state index is 0.133. The second-order valence-electron chi connectivity index (χ2n) is 7.19. The Bertz CT molecular complexity index is 1230. The molecule has 7 nitrogen and oxygen atoms in total. The first-order chi connectivity index (χ1) is 15.3. The fourth-order valence-electron chi connectivity index (χ4n) is 3.45. The van der Waals surface area contributed by atoms with E-state index >= 15 is 0 Å². The standard InChI is InChI=1S/C22H20F2N4O3S/c23-16-4-3-5-17(14-16)26-22(29)19-15-18(7-8-20(19)24)32(30,31)28-12-10-27(11-13-28)21-6-1-2-9-25-21/h1-9,14-15H,10-13H2,(H,26,29). The number of hydrogen-bond donors (Lipinski definition) is 1. The summed E-state index contributed by atoms with van der Waals surface area (Å²) in [5.74, 6) is -1.55. The number of aromatic nitrogens is 1. The molecule has 0 radical (unpaired) electrons. The molecule has 1 saturated heterocycles. The molecule has 0 unspecified atom stereocenters. The van der Waals surface area contributed by atoms with E-state index in [9.17, 15) is 22.0 Å². The number of halogens is 2. The van der Waals surface area contributed by atoms with E-state index in [-0.39, 0.29) is 23.7 Å². The minimum atomic E-state index is -3.94. The fourth-order valence-corrected chi connectivity index (χ4v) is 4.90. The van der Waals surface area contributed by atoms with Gasteiger partial charge in [0.15, 0.2) is 0 Å². The van der Waals surface area contributed by atoms with Crippen molar-refractivity contribution >= 4 is 27.4 Å². The Morgan fingerprint density at radius 1 is 0.938 bits per heavy atom. The van der Waals surface area contributed by atoms with Gasteiger partial charge in [0.2, 0.25) is 10.0 Å². The van der Waals surface area contributed by atoms with Gasteiger partial charge in [-0.05, 0) is 48.5 Å². The molecule has 4 rings (SSSR count). The van der Waals surface area contributed by atoms with E-state index in [0.29, 0.717) is 13.1 Å². The number of carbonyl (C=O) groups is 1. The highest BCUT2D eigenvalue weighted by Crippen LogP contribution is 2.23. The van der Waals surface area contributed by atoms with Gasteiger partial charge in [-0.25, -0.2) is 22.2 Å². The van der Waals surface area contributed by atoms with Crippen LogP contribution in [0.15, 0.2) is 71.8 Å². The van der Waals surface area contributed by atoms with Crippen molar-refractivity contribution in [1.29, 1.82) is 0 Å². The van der Waals surface area contributed by atoms with Crippen molar-refractivity contribution in [3.63, 3.8) is 0 Å². The van der Waals surface area contributed by atoms with Gasteiger partial charge in [-0.3, -0.25) is 4.79 Å². The van der Waals surface area contributed by atoms with Gasteiger partial charge in [0.1, 0.15) is 17.5 Å². The minimum Gasteiger partial charge on any atom is -0.354 e. The number of anilines is 2. The lowest BCUT2D eigenvalue weighted by molar-refractivity contribution is 0.102. The Morgan fingerprint density at radius 3 is 2.41 bits per heavy atom. The molecule has 3 aromatic rings. The second kappa shape index (κ2) is 9.01. The molecule has 1 aliphatic rings. The van der Waals surface area contributed by atoms with Crippen molar-refractivity contribution in [2.75, 3.05) is 36.4 Å². The fraction of sp³-hybridized carbons (Fsp3) is 0.182. The molecule has 0 saturated carbocycles. The summed E-state index contributed by atoms with van der Waals surface area (Å²) in [4.78, 5) is 18.6. The van der Waals surface area contributed by atoms with E-state index < -0.39 is 33.1 Å². The zero-order valence-corrected chi connectivity index (χ0v) is 17.7. The molecule has 2 heterocycles. The van der Waals surface area contributed by atoms with Crippen LogP contribution in [0.5, 0.6) is 0 Å². The first kappa shape index (κ1) is 21.8. The van der Waals surface area contributed by atoms with E-state index in [0.717, 1.165) is 30.1 Å². The van der Waals surface area contributed by atoms with Crippen LogP contribution in [0.25, 0.3) is 0 Å². The molecule has 1 aliphatic heterocycles. The molecule has 10 heteroatoms. The maximum absolute atomic E-state index is 14.3. The highest BCUT2D eigenvalue weighted by molar-refractivity contribution is 7.89. The SMILES string of the molecule is O=C(Nc1cccc(F)c1)c1cc(S(=O)(=O)N2CCN(c3ccccn3)CC2)ccc1F. The van der Waals surface area contributed by atoms with Gasteiger partial charge in [0.05, 0.1) is 10.5 Å². The average Bonchev–Trinajstić information content (AvgIpc) is 2.80. The Morgan fingerprint density at radius 2 is 1.72 bits per heavy atom. The molecule has 0 spiro atoms. The lowest BCUT2D eigenvalue weighted by atomic mass is 10.2. The summed E-state index contributed by atoms with van der Waals surface area (Å²) in [6.45, 7) is 1.34. The topological polar surface area (TPSA) is 82.6 Å². The monoisotopic (exact) mass is 458 g/mol. The van der Waals surface area contributed by atoms with Crippen molar-refractivity contribution in [3.05, 3.63) is 84.1 Å². The van der Waals surface area contributed by atoms with Crippen molar-refractivity contribution < 1.29 is 22.0 Å². The Labute approximate surface area is 184 Å². The molecule has 1 amide bonds. The van der Waals surface area contributed by atoms with E-state index in [4.69, 9.17) is 0 Å². The number of hydrogen-bond acceptors (Lipinski definition) is 5. The summed E-state index contributed by atoms with van der Waals surface area (Å²) < 4.78 is 55.2. The third kappa shape index (κ3) is 4.61. The lowest BCUT2D eigenvalue weighted by Crippen LogP contribution is -2.48. The number of amides is 1. The van der Waals surface area contributed by atoms with Crippen LogP contribution in [-0.4, -0.2) is 49.8 Å². The van der Waals surface area contributed by atoms with Crippen LogP contribution < -0.4 is 10.2 Å². The van der Waals surface area contributed by atoms with Crippen LogP contribution in [0.2, 0.25) is 0 Å². The summed E-state index contributed by atoms with van der Waals surface area (Å²) in [6.07, 6.45) is 1.67. The highest BCUT2D eigenvalue weighted by atomic mass is 32.2. The van der Waals surface area contributed by atoms with Crippen molar-refractivity contribution in [1.82, 2.24) is 9.29 Å². The third-order valence-electron chi connectivity index (χ3n) is 5.11. The van der Waals surface area contributed by atoms with E-state index in [1.807, 2.05) is 17.0 Å². The predicted octanol–water partition coefficient (Wildman–Crippen LogP) is 3.12. The molecular weight excluding hydrogens is 438 g/mol. The van der Waals surface area contributed by atoms with Crippen LogP contribution in [0.4, 0.5) is 20.3 Å². The normalized spacial score (nSPS) is 14.9. The molecule has 1 N–H and O–H groups in total. The van der Waals surface area contributed by atoms with Gasteiger partial charge in [0.25, 0.3) is 5.91 Å². The summed E-state index contributed by atoms with van der Waals surface area (Å²) in [5, 5.41) is 2.38. The van der Waals surface area contributed by atoms with Crippen molar-refractivity contribution in [3.8, 4) is 0 Å². The number of sulfonamides is 1. The smallest absolute Gasteiger partial charge is 0.258 e. The molecule has 0 aliphatic carbocycles. The molecule has 32 heavy (non-hydrogen) atoms. The zero-order chi connectivity index (χ0) is 22.7. The van der Waals surface area contributed by atoms with Crippen LogP contribution in [0.1, 0.15) is 10.4 Å². The maximum atomic E-state index is 14.3. The largest absolute Gasteiger partial charge is 0.354 e. The van der Waals surface area contributed by atoms with Gasteiger partial charge < -0.3 is 10.2 Å². The number of nitrogens with one attached hydrogen (secondary N) is 1. The number of rotatable bonds is 5. The average molecular weight is 458 g/mol. The molecule has 0 atom stereocenters. The Balaban J connectivity index is 1.51. The molecule has 166 valence electrons. The van der Waals surface area contributed by atoms with E-state index in [2.05, 4.69) is 10.3 Å². The highest BCUT2D eigenvalue weighted by Gasteiger charge is 2.30. The summed E-state index contributed by atoms with van der Waals surface area (Å²) in [5.41, 5.74) is -0.309. The van der Waals surface area contributed by atoms with Gasteiger partial charge in [-0.15, -0.1) is 0 Å². The van der Waals surface area contributed by atoms with Gasteiger partial charge >= 0.3 is 0 Å². The first-order valence-electron chi connectivity index (χ1n) is 9.87. The summed E-state index contributed by atoms with van der Waals surface area (Å²) in [7, 11) is -3.94. The molecule has 1 aromatic heterocycles. The number of nitrogens with zero attached hydrogens (tertiary/aromatic N) is 3. The third-order valence-corrected chi connectivity index (χ3v) is 7.01.